The van der Waals surface area contributed by atoms with E-state index in [4.69, 9.17) is 4.74 Å². The summed E-state index contributed by atoms with van der Waals surface area (Å²) >= 11 is 0. The Kier molecular flexibility index (Phi) is 8.18. The van der Waals surface area contributed by atoms with Gasteiger partial charge in [-0.05, 0) is 50.3 Å². The number of piperidine rings is 1. The number of aryl methyl sites for hydroxylation is 1. The van der Waals surface area contributed by atoms with Crippen LogP contribution in [0.3, 0.4) is 0 Å². The van der Waals surface area contributed by atoms with Gasteiger partial charge in [-0.1, -0.05) is 12.1 Å². The van der Waals surface area contributed by atoms with Gasteiger partial charge in [0.15, 0.2) is 5.96 Å². The number of hydrogen-bond acceptors (Lipinski definition) is 3. The van der Waals surface area contributed by atoms with Crippen molar-refractivity contribution in [1.29, 1.82) is 0 Å². The lowest BCUT2D eigenvalue weighted by atomic mass is 10.1. The number of ether oxygens (including phenoxy) is 1. The van der Waals surface area contributed by atoms with Crippen molar-refractivity contribution in [1.82, 2.24) is 15.5 Å². The van der Waals surface area contributed by atoms with Crippen LogP contribution in [0.5, 0.6) is 0 Å². The fourth-order valence-electron chi connectivity index (χ4n) is 3.02. The zero-order valence-electron chi connectivity index (χ0n) is 15.6. The number of methoxy groups -OCH3 is 1. The van der Waals surface area contributed by atoms with Crippen LogP contribution in [0.2, 0.25) is 0 Å². The monoisotopic (exact) mass is 364 g/mol. The lowest BCUT2D eigenvalue weighted by molar-refractivity contribution is 0.111. The van der Waals surface area contributed by atoms with E-state index >= 15 is 0 Å². The fourth-order valence-corrected chi connectivity index (χ4v) is 3.02. The first-order valence-corrected chi connectivity index (χ1v) is 9.24. The minimum absolute atomic E-state index is 0.195. The Labute approximate surface area is 154 Å². The molecule has 2 N–H and O–H groups in total. The van der Waals surface area contributed by atoms with Crippen molar-refractivity contribution in [3.05, 3.63) is 35.6 Å². The van der Waals surface area contributed by atoms with Gasteiger partial charge >= 0.3 is 6.09 Å². The minimum Gasteiger partial charge on any atom is -0.453 e. The second kappa shape index (κ2) is 10.6. The summed E-state index contributed by atoms with van der Waals surface area (Å²) in [6.07, 6.45) is 3.13. The quantitative estimate of drug-likeness (QED) is 0.463. The molecule has 0 spiro atoms. The van der Waals surface area contributed by atoms with Gasteiger partial charge in [0.1, 0.15) is 5.82 Å². The normalized spacial score (nSPS) is 15.7. The summed E-state index contributed by atoms with van der Waals surface area (Å²) in [7, 11) is 1.41. The van der Waals surface area contributed by atoms with E-state index in [1.54, 1.807) is 17.0 Å². The maximum Gasteiger partial charge on any atom is 0.409 e. The van der Waals surface area contributed by atoms with Gasteiger partial charge < -0.3 is 20.3 Å². The maximum atomic E-state index is 13.2. The summed E-state index contributed by atoms with van der Waals surface area (Å²) < 4.78 is 17.9. The van der Waals surface area contributed by atoms with E-state index in [9.17, 15) is 9.18 Å². The molecule has 1 aromatic carbocycles. The number of likely N-dealkylation sites (tertiary alicyclic amines) is 1. The van der Waals surface area contributed by atoms with Crippen LogP contribution >= 0.6 is 0 Å². The lowest BCUT2D eigenvalue weighted by Gasteiger charge is -2.32. The molecule has 1 heterocycles. The van der Waals surface area contributed by atoms with Gasteiger partial charge in [-0.25, -0.2) is 9.18 Å². The number of halogens is 1. The number of nitrogens with one attached hydrogen (secondary N) is 2. The fraction of sp³-hybridized carbons (Fsp3) is 0.579. The number of amides is 1. The predicted octanol–water partition coefficient (Wildman–Crippen LogP) is 2.54. The van der Waals surface area contributed by atoms with Gasteiger partial charge in [0.2, 0.25) is 0 Å². The number of aliphatic imine (C=N–C) groups is 1. The first kappa shape index (κ1) is 20.0. The van der Waals surface area contributed by atoms with Gasteiger partial charge in [0.25, 0.3) is 0 Å². The third kappa shape index (κ3) is 6.54. The molecular formula is C19H29FN4O2. The number of hydrogen-bond donors (Lipinski definition) is 2. The van der Waals surface area contributed by atoms with Crippen molar-refractivity contribution in [2.24, 2.45) is 4.99 Å². The molecule has 144 valence electrons. The van der Waals surface area contributed by atoms with E-state index < -0.39 is 0 Å². The smallest absolute Gasteiger partial charge is 0.409 e. The van der Waals surface area contributed by atoms with Gasteiger partial charge in [0.05, 0.1) is 7.11 Å². The summed E-state index contributed by atoms with van der Waals surface area (Å²) in [4.78, 5) is 17.9. The van der Waals surface area contributed by atoms with Crippen molar-refractivity contribution in [2.45, 2.75) is 38.6 Å². The number of rotatable bonds is 6. The molecule has 0 atom stereocenters. The standard InChI is InChI=1S/C19H29FN4O2/c1-3-21-18(22-11-5-7-15-6-4-8-16(20)14-15)23-17-9-12-24(13-10-17)19(25)26-2/h4,6,8,14,17H,3,5,7,9-13H2,1-2H3,(H2,21,22,23). The van der Waals surface area contributed by atoms with Crippen LogP contribution in [-0.2, 0) is 11.2 Å². The van der Waals surface area contributed by atoms with Gasteiger partial charge in [-0.15, -0.1) is 0 Å². The van der Waals surface area contributed by atoms with E-state index in [1.165, 1.54) is 13.2 Å². The van der Waals surface area contributed by atoms with E-state index in [2.05, 4.69) is 15.6 Å². The van der Waals surface area contributed by atoms with Crippen LogP contribution in [0.4, 0.5) is 9.18 Å². The van der Waals surface area contributed by atoms with Crippen LogP contribution in [0.1, 0.15) is 31.7 Å². The molecule has 1 aromatic rings. The van der Waals surface area contributed by atoms with Crippen molar-refractivity contribution in [3.8, 4) is 0 Å². The summed E-state index contributed by atoms with van der Waals surface area (Å²) in [5, 5.41) is 6.70. The second-order valence-electron chi connectivity index (χ2n) is 6.37. The first-order valence-electron chi connectivity index (χ1n) is 9.24. The predicted molar refractivity (Wildman–Crippen MR) is 101 cm³/mol. The highest BCUT2D eigenvalue weighted by Gasteiger charge is 2.23. The topological polar surface area (TPSA) is 66.0 Å². The second-order valence-corrected chi connectivity index (χ2v) is 6.37. The van der Waals surface area contributed by atoms with Crippen molar-refractivity contribution in [2.75, 3.05) is 33.3 Å². The molecule has 7 heteroatoms. The molecule has 1 aliphatic rings. The number of benzene rings is 1. The van der Waals surface area contributed by atoms with E-state index in [-0.39, 0.29) is 18.0 Å². The molecule has 1 saturated heterocycles. The lowest BCUT2D eigenvalue weighted by Crippen LogP contribution is -2.49. The Bertz CT molecular complexity index is 601. The molecule has 6 nitrogen and oxygen atoms in total. The molecule has 1 aliphatic heterocycles. The third-order valence-corrected chi connectivity index (χ3v) is 4.40. The third-order valence-electron chi connectivity index (χ3n) is 4.40. The Hall–Kier alpha value is -2.31. The van der Waals surface area contributed by atoms with Crippen LogP contribution in [0, 0.1) is 5.82 Å². The molecule has 0 bridgehead atoms. The maximum absolute atomic E-state index is 13.2. The average Bonchev–Trinajstić information content (AvgIpc) is 2.65. The molecule has 2 rings (SSSR count). The number of carbonyl (C=O) groups is 1. The molecule has 0 unspecified atom stereocenters. The van der Waals surface area contributed by atoms with Crippen LogP contribution < -0.4 is 10.6 Å². The van der Waals surface area contributed by atoms with Crippen molar-refractivity contribution in [3.63, 3.8) is 0 Å². The molecule has 0 aromatic heterocycles. The van der Waals surface area contributed by atoms with E-state index in [1.807, 2.05) is 13.0 Å². The molecule has 1 fully saturated rings. The summed E-state index contributed by atoms with van der Waals surface area (Å²) in [5.41, 5.74) is 0.994. The highest BCUT2D eigenvalue weighted by atomic mass is 19.1. The van der Waals surface area contributed by atoms with Gasteiger partial charge in [-0.2, -0.15) is 0 Å². The van der Waals surface area contributed by atoms with E-state index in [0.29, 0.717) is 19.6 Å². The Morgan fingerprint density at radius 3 is 2.81 bits per heavy atom. The van der Waals surface area contributed by atoms with Crippen molar-refractivity contribution >= 4 is 12.1 Å². The number of carbonyl (C=O) groups excluding carboxylic acids is 1. The highest BCUT2D eigenvalue weighted by Crippen LogP contribution is 2.11. The van der Waals surface area contributed by atoms with Crippen LogP contribution in [0.15, 0.2) is 29.3 Å². The van der Waals surface area contributed by atoms with E-state index in [0.717, 1.165) is 43.8 Å². The average molecular weight is 364 g/mol. The van der Waals surface area contributed by atoms with Gasteiger partial charge in [0, 0.05) is 32.2 Å². The van der Waals surface area contributed by atoms with Gasteiger partial charge in [-0.3, -0.25) is 4.99 Å². The minimum atomic E-state index is -0.263. The zero-order chi connectivity index (χ0) is 18.8. The Morgan fingerprint density at radius 2 is 2.15 bits per heavy atom. The molecule has 0 aliphatic carbocycles. The molecule has 26 heavy (non-hydrogen) atoms. The largest absolute Gasteiger partial charge is 0.453 e. The molecule has 0 saturated carbocycles. The Morgan fingerprint density at radius 1 is 1.38 bits per heavy atom. The zero-order valence-corrected chi connectivity index (χ0v) is 15.6. The van der Waals surface area contributed by atoms with Crippen LogP contribution in [0.25, 0.3) is 0 Å². The Balaban J connectivity index is 1.77. The number of guanidine groups is 1. The van der Waals surface area contributed by atoms with Crippen LogP contribution in [-0.4, -0.2) is 56.3 Å². The molecular weight excluding hydrogens is 335 g/mol. The highest BCUT2D eigenvalue weighted by molar-refractivity contribution is 5.80. The molecule has 1 amide bonds. The molecule has 0 radical (unpaired) electrons. The summed E-state index contributed by atoms with van der Waals surface area (Å²) in [6.45, 7) is 4.86. The summed E-state index contributed by atoms with van der Waals surface area (Å²) in [5.74, 6) is 0.600. The summed E-state index contributed by atoms with van der Waals surface area (Å²) in [6, 6.07) is 6.99. The number of nitrogens with zero attached hydrogens (tertiary/aromatic N) is 2. The first-order chi connectivity index (χ1) is 12.6. The van der Waals surface area contributed by atoms with Crippen molar-refractivity contribution < 1.29 is 13.9 Å². The SMILES string of the molecule is CCNC(=NCCCc1cccc(F)c1)NC1CCN(C(=O)OC)CC1.